The highest BCUT2D eigenvalue weighted by molar-refractivity contribution is 8.00. The summed E-state index contributed by atoms with van der Waals surface area (Å²) in [4.78, 5) is 32.0. The predicted octanol–water partition coefficient (Wildman–Crippen LogP) is 4.58. The third kappa shape index (κ3) is 7.00. The first kappa shape index (κ1) is 28.9. The van der Waals surface area contributed by atoms with Crippen LogP contribution in [-0.2, 0) is 9.59 Å². The molecule has 5 rings (SSSR count). The minimum Gasteiger partial charge on any atom is -0.493 e. The molecule has 216 valence electrons. The fourth-order valence-electron chi connectivity index (χ4n) is 5.32. The minimum atomic E-state index is -0.323. The summed E-state index contributed by atoms with van der Waals surface area (Å²) < 4.78 is 38.5. The normalized spacial score (nSPS) is 17.6. The summed E-state index contributed by atoms with van der Waals surface area (Å²) in [6.45, 7) is 2.92. The number of carbonyl (C=O) groups excluding carboxylic acids is 2. The molecule has 10 heteroatoms. The maximum Gasteiger partial charge on any atom is 0.233 e. The van der Waals surface area contributed by atoms with E-state index < -0.39 is 0 Å². The Kier molecular flexibility index (Phi) is 9.41. The van der Waals surface area contributed by atoms with Gasteiger partial charge in [-0.1, -0.05) is 36.4 Å². The molecule has 7 nitrogen and oxygen atoms in total. The van der Waals surface area contributed by atoms with E-state index in [1.807, 2.05) is 24.3 Å². The maximum atomic E-state index is 13.6. The van der Waals surface area contributed by atoms with E-state index in [9.17, 15) is 18.4 Å². The highest BCUT2D eigenvalue weighted by Crippen LogP contribution is 2.31. The number of thioether (sulfide) groups is 1. The third-order valence-corrected chi connectivity index (χ3v) is 8.66. The summed E-state index contributed by atoms with van der Waals surface area (Å²) >= 11 is 1.64. The molecule has 2 aliphatic heterocycles. The van der Waals surface area contributed by atoms with E-state index >= 15 is 0 Å². The first-order valence-electron chi connectivity index (χ1n) is 13.6. The molecule has 2 aliphatic rings. The van der Waals surface area contributed by atoms with E-state index in [1.54, 1.807) is 52.9 Å². The zero-order valence-electron chi connectivity index (χ0n) is 22.9. The Hall–Kier alpha value is -3.63. The lowest BCUT2D eigenvalue weighted by Gasteiger charge is -2.40. The fraction of sp³-hybridized carbons (Fsp3) is 0.355. The number of hydrogen-bond donors (Lipinski definition) is 0. The Bertz CT molecular complexity index is 1290. The van der Waals surface area contributed by atoms with Gasteiger partial charge in [0.25, 0.3) is 0 Å². The lowest BCUT2D eigenvalue weighted by atomic mass is 9.96. The van der Waals surface area contributed by atoms with Crippen LogP contribution in [0.3, 0.4) is 0 Å². The van der Waals surface area contributed by atoms with Crippen LogP contribution in [0.25, 0.3) is 0 Å². The standard InChI is InChI=1S/C31H33F2N3O4S/c1-39-26-4-2-3-5-27(26)40-21-30-36(18-19-41-30)29(38)20-28(37)34-14-16-35(17-15-34)31(22-6-10-24(32)11-7-22)23-8-12-25(33)13-9-23/h2-13,30-31H,14-21H2,1H3/t30-/m0/s1. The molecule has 0 aliphatic carbocycles. The van der Waals surface area contributed by atoms with Gasteiger partial charge < -0.3 is 19.3 Å². The summed E-state index contributed by atoms with van der Waals surface area (Å²) in [5, 5.41) is -0.177. The van der Waals surface area contributed by atoms with Gasteiger partial charge in [-0.05, 0) is 47.5 Å². The zero-order valence-corrected chi connectivity index (χ0v) is 23.7. The summed E-state index contributed by atoms with van der Waals surface area (Å²) in [7, 11) is 1.58. The number of halogens is 2. The van der Waals surface area contributed by atoms with Crippen LogP contribution in [0.1, 0.15) is 23.6 Å². The van der Waals surface area contributed by atoms with Crippen LogP contribution in [0.4, 0.5) is 8.78 Å². The van der Waals surface area contributed by atoms with Gasteiger partial charge >= 0.3 is 0 Å². The van der Waals surface area contributed by atoms with Crippen molar-refractivity contribution in [2.45, 2.75) is 17.8 Å². The molecule has 0 bridgehead atoms. The highest BCUT2D eigenvalue weighted by atomic mass is 32.2. The van der Waals surface area contributed by atoms with Gasteiger partial charge in [-0.15, -0.1) is 11.8 Å². The second-order valence-electron chi connectivity index (χ2n) is 9.97. The molecule has 0 N–H and O–H groups in total. The lowest BCUT2D eigenvalue weighted by molar-refractivity contribution is -0.142. The molecule has 2 fully saturated rings. The smallest absolute Gasteiger partial charge is 0.233 e. The van der Waals surface area contributed by atoms with E-state index in [0.717, 1.165) is 16.9 Å². The van der Waals surface area contributed by atoms with Crippen molar-refractivity contribution >= 4 is 23.6 Å². The van der Waals surface area contributed by atoms with E-state index in [4.69, 9.17) is 9.47 Å². The number of piperazine rings is 1. The van der Waals surface area contributed by atoms with Gasteiger partial charge in [-0.3, -0.25) is 14.5 Å². The minimum absolute atomic E-state index is 0.177. The van der Waals surface area contributed by atoms with Crippen molar-refractivity contribution in [3.8, 4) is 11.5 Å². The zero-order chi connectivity index (χ0) is 28.8. The number of para-hydroxylation sites is 2. The van der Waals surface area contributed by atoms with Crippen molar-refractivity contribution in [1.29, 1.82) is 0 Å². The van der Waals surface area contributed by atoms with E-state index in [2.05, 4.69) is 4.90 Å². The van der Waals surface area contributed by atoms with Gasteiger partial charge in [0, 0.05) is 38.5 Å². The number of amides is 2. The van der Waals surface area contributed by atoms with Crippen molar-refractivity contribution in [3.05, 3.63) is 95.6 Å². The molecule has 0 radical (unpaired) electrons. The summed E-state index contributed by atoms with van der Waals surface area (Å²) in [6, 6.07) is 19.8. The molecule has 1 atom stereocenters. The van der Waals surface area contributed by atoms with Gasteiger partial charge in [0.1, 0.15) is 30.0 Å². The van der Waals surface area contributed by atoms with Crippen molar-refractivity contribution in [3.63, 3.8) is 0 Å². The van der Waals surface area contributed by atoms with Gasteiger partial charge in [0.15, 0.2) is 11.5 Å². The highest BCUT2D eigenvalue weighted by Gasteiger charge is 2.33. The lowest BCUT2D eigenvalue weighted by Crippen LogP contribution is -2.51. The van der Waals surface area contributed by atoms with Crippen LogP contribution in [0.15, 0.2) is 72.8 Å². The van der Waals surface area contributed by atoms with Crippen LogP contribution < -0.4 is 9.47 Å². The van der Waals surface area contributed by atoms with Crippen LogP contribution >= 0.6 is 11.8 Å². The molecular formula is C31H33F2N3O4S. The molecule has 2 heterocycles. The summed E-state index contributed by atoms with van der Waals surface area (Å²) in [5.74, 6) is 0.982. The Morgan fingerprint density at radius 3 is 2.00 bits per heavy atom. The quantitative estimate of drug-likeness (QED) is 0.345. The van der Waals surface area contributed by atoms with Crippen molar-refractivity contribution < 1.29 is 27.8 Å². The average molecular weight is 582 g/mol. The topological polar surface area (TPSA) is 62.3 Å². The molecule has 0 unspecified atom stereocenters. The van der Waals surface area contributed by atoms with Gasteiger partial charge in [-0.25, -0.2) is 8.78 Å². The van der Waals surface area contributed by atoms with Crippen molar-refractivity contribution in [2.75, 3.05) is 52.2 Å². The van der Waals surface area contributed by atoms with Gasteiger partial charge in [0.05, 0.1) is 13.2 Å². The van der Waals surface area contributed by atoms with E-state index in [-0.39, 0.29) is 41.3 Å². The van der Waals surface area contributed by atoms with Gasteiger partial charge in [0.2, 0.25) is 11.8 Å². The Morgan fingerprint density at radius 2 is 1.41 bits per heavy atom. The van der Waals surface area contributed by atoms with Crippen molar-refractivity contribution in [2.24, 2.45) is 0 Å². The Labute approximate surface area is 243 Å². The molecule has 0 aromatic heterocycles. The first-order chi connectivity index (χ1) is 19.9. The maximum absolute atomic E-state index is 13.6. The van der Waals surface area contributed by atoms with Crippen molar-refractivity contribution in [1.82, 2.24) is 14.7 Å². The number of nitrogens with zero attached hydrogens (tertiary/aromatic N) is 3. The molecule has 3 aromatic carbocycles. The van der Waals surface area contributed by atoms with Crippen LogP contribution in [-0.4, -0.2) is 84.1 Å². The Balaban J connectivity index is 1.17. The summed E-state index contributed by atoms with van der Waals surface area (Å²) in [6.07, 6.45) is -0.189. The Morgan fingerprint density at radius 1 is 0.829 bits per heavy atom. The molecule has 3 aromatic rings. The number of ether oxygens (including phenoxy) is 2. The monoisotopic (exact) mass is 581 g/mol. The number of benzene rings is 3. The van der Waals surface area contributed by atoms with Crippen LogP contribution in [0, 0.1) is 11.6 Å². The molecule has 2 saturated heterocycles. The molecular weight excluding hydrogens is 548 g/mol. The number of carbonyl (C=O) groups is 2. The van der Waals surface area contributed by atoms with E-state index in [1.165, 1.54) is 24.3 Å². The fourth-order valence-corrected chi connectivity index (χ4v) is 6.46. The molecule has 0 saturated carbocycles. The van der Waals surface area contributed by atoms with Crippen LogP contribution in [0.2, 0.25) is 0 Å². The summed E-state index contributed by atoms with van der Waals surface area (Å²) in [5.41, 5.74) is 1.78. The molecule has 41 heavy (non-hydrogen) atoms. The second-order valence-corrected chi connectivity index (χ2v) is 11.3. The SMILES string of the molecule is COc1ccccc1OC[C@@H]1SCCN1C(=O)CC(=O)N1CCN(C(c2ccc(F)cc2)c2ccc(F)cc2)CC1. The van der Waals surface area contributed by atoms with Crippen LogP contribution in [0.5, 0.6) is 11.5 Å². The predicted molar refractivity (Wildman–Crippen MR) is 154 cm³/mol. The number of rotatable bonds is 9. The molecule has 2 amide bonds. The van der Waals surface area contributed by atoms with E-state index in [0.29, 0.717) is 50.8 Å². The first-order valence-corrected chi connectivity index (χ1v) is 14.7. The largest absolute Gasteiger partial charge is 0.493 e. The number of methoxy groups -OCH3 is 1. The molecule has 0 spiro atoms. The number of hydrogen-bond acceptors (Lipinski definition) is 6. The van der Waals surface area contributed by atoms with Gasteiger partial charge in [-0.2, -0.15) is 0 Å². The average Bonchev–Trinajstić information content (AvgIpc) is 3.47. The third-order valence-electron chi connectivity index (χ3n) is 7.47. The second kappa shape index (κ2) is 13.4.